The second-order valence-corrected chi connectivity index (χ2v) is 3.77. The van der Waals surface area contributed by atoms with Crippen molar-refractivity contribution in [1.82, 2.24) is 0 Å². The molecule has 9 heavy (non-hydrogen) atoms. The Morgan fingerprint density at radius 2 is 1.89 bits per heavy atom. The van der Waals surface area contributed by atoms with Crippen LogP contribution in [0.1, 0.15) is 40.4 Å². The third-order valence-corrected chi connectivity index (χ3v) is 3.15. The molecule has 0 aromatic heterocycles. The van der Waals surface area contributed by atoms with E-state index in [4.69, 9.17) is 1.37 Å². The molecule has 3 fully saturated rings. The molecule has 0 heteroatoms. The molecule has 3 rings (SSSR count). The fraction of sp³-hybridized carbons (Fsp3) is 1.00. The summed E-state index contributed by atoms with van der Waals surface area (Å²) in [6, 6.07) is 0. The molecule has 0 spiro atoms. The quantitative estimate of drug-likeness (QED) is 0.467. The summed E-state index contributed by atoms with van der Waals surface area (Å²) in [5.74, 6) is 1.59. The van der Waals surface area contributed by atoms with Crippen molar-refractivity contribution in [3.63, 3.8) is 0 Å². The van der Waals surface area contributed by atoms with Gasteiger partial charge in [0.2, 0.25) is 0 Å². The maximum absolute atomic E-state index is 8.01. The molecule has 0 amide bonds. The zero-order chi connectivity index (χ0) is 7.19. The molecular formula is C9H16. The highest BCUT2D eigenvalue weighted by atomic mass is 14.4. The third-order valence-electron chi connectivity index (χ3n) is 3.15. The highest BCUT2D eigenvalue weighted by molar-refractivity contribution is 4.83. The molecule has 0 saturated heterocycles. The number of hydrogen-bond acceptors (Lipinski definition) is 0. The van der Waals surface area contributed by atoms with Gasteiger partial charge in [-0.15, -0.1) is 0 Å². The Bertz CT molecular complexity index is 132. The van der Waals surface area contributed by atoms with Crippen molar-refractivity contribution in [2.45, 2.75) is 39.0 Å². The molecule has 3 aliphatic rings. The lowest BCUT2D eigenvalue weighted by atomic mass is 9.65. The molecule has 0 aromatic rings. The summed E-state index contributed by atoms with van der Waals surface area (Å²) in [5, 5.41) is 0. The maximum atomic E-state index is 8.01. The van der Waals surface area contributed by atoms with Gasteiger partial charge in [-0.25, -0.2) is 0 Å². The van der Waals surface area contributed by atoms with Crippen LogP contribution in [-0.4, -0.2) is 0 Å². The first-order valence-electron chi connectivity index (χ1n) is 4.68. The first-order valence-corrected chi connectivity index (χ1v) is 4.18. The van der Waals surface area contributed by atoms with Gasteiger partial charge in [0.05, 0.1) is 0 Å². The van der Waals surface area contributed by atoms with Gasteiger partial charge in [-0.3, -0.25) is 0 Å². The van der Waals surface area contributed by atoms with Gasteiger partial charge in [0.25, 0.3) is 0 Å². The summed E-state index contributed by atoms with van der Waals surface area (Å²) in [6.45, 7) is 2.13. The summed E-state index contributed by atoms with van der Waals surface area (Å²) < 4.78 is 8.01. The largest absolute Gasteiger partial charge is 0.0622 e. The van der Waals surface area contributed by atoms with Crippen LogP contribution in [-0.2, 0) is 0 Å². The molecule has 2 bridgehead atoms. The highest BCUT2D eigenvalue weighted by Crippen LogP contribution is 2.44. The van der Waals surface area contributed by atoms with Crippen molar-refractivity contribution >= 4 is 0 Å². The van der Waals surface area contributed by atoms with E-state index in [9.17, 15) is 0 Å². The fourth-order valence-electron chi connectivity index (χ4n) is 2.48. The topological polar surface area (TPSA) is 0 Å². The van der Waals surface area contributed by atoms with E-state index in [2.05, 4.69) is 6.92 Å². The molecule has 0 heterocycles. The van der Waals surface area contributed by atoms with Gasteiger partial charge in [0.1, 0.15) is 0 Å². The van der Waals surface area contributed by atoms with E-state index in [1.165, 1.54) is 32.1 Å². The van der Waals surface area contributed by atoms with E-state index in [0.717, 1.165) is 11.8 Å². The Kier molecular flexibility index (Phi) is 1.06. The number of rotatable bonds is 0. The van der Waals surface area contributed by atoms with Crippen LogP contribution in [0.2, 0.25) is 0 Å². The van der Waals surface area contributed by atoms with Crippen LogP contribution >= 0.6 is 0 Å². The summed E-state index contributed by atoms with van der Waals surface area (Å²) in [7, 11) is 0. The van der Waals surface area contributed by atoms with Gasteiger partial charge < -0.3 is 0 Å². The SMILES string of the molecule is [2H][C@@]1(C)CC2CCC1CC2. The Labute approximate surface area is 59.1 Å². The van der Waals surface area contributed by atoms with Crippen molar-refractivity contribution in [2.24, 2.45) is 17.7 Å². The van der Waals surface area contributed by atoms with E-state index in [1.54, 1.807) is 0 Å². The Balaban J connectivity index is 2.15. The van der Waals surface area contributed by atoms with Gasteiger partial charge >= 0.3 is 0 Å². The molecule has 3 saturated carbocycles. The van der Waals surface area contributed by atoms with Crippen LogP contribution in [0.25, 0.3) is 0 Å². The van der Waals surface area contributed by atoms with Crippen molar-refractivity contribution < 1.29 is 1.37 Å². The van der Waals surface area contributed by atoms with Crippen molar-refractivity contribution in [3.05, 3.63) is 0 Å². The molecule has 0 radical (unpaired) electrons. The van der Waals surface area contributed by atoms with E-state index < -0.39 is 0 Å². The van der Waals surface area contributed by atoms with Crippen LogP contribution < -0.4 is 0 Å². The number of fused-ring (bicyclic) bond motifs is 3. The standard InChI is InChI=1S/C9H16/c1-7-6-8-2-4-9(7)5-3-8/h7-9H,2-6H2,1H3/t7-,8?,9?/m1/s1/i7D. The van der Waals surface area contributed by atoms with E-state index >= 15 is 0 Å². The van der Waals surface area contributed by atoms with Crippen LogP contribution in [0.15, 0.2) is 0 Å². The summed E-state index contributed by atoms with van der Waals surface area (Å²) in [6.07, 6.45) is 6.69. The predicted octanol–water partition coefficient (Wildman–Crippen LogP) is 2.83. The molecule has 0 nitrogen and oxygen atoms in total. The van der Waals surface area contributed by atoms with Gasteiger partial charge in [-0.2, -0.15) is 0 Å². The second kappa shape index (κ2) is 2.00. The molecule has 1 atom stereocenters. The molecule has 0 aromatic carbocycles. The average Bonchev–Trinajstić information content (AvgIpc) is 1.87. The zero-order valence-corrected chi connectivity index (χ0v) is 6.19. The van der Waals surface area contributed by atoms with Gasteiger partial charge in [0.15, 0.2) is 0 Å². The minimum absolute atomic E-state index is 0.0544. The van der Waals surface area contributed by atoms with Gasteiger partial charge in [-0.1, -0.05) is 19.8 Å². The molecular weight excluding hydrogens is 108 g/mol. The second-order valence-electron chi connectivity index (χ2n) is 3.77. The Morgan fingerprint density at radius 3 is 2.11 bits per heavy atom. The van der Waals surface area contributed by atoms with E-state index in [0.29, 0.717) is 0 Å². The molecule has 52 valence electrons. The normalized spacial score (nSPS) is 59.4. The zero-order valence-electron chi connectivity index (χ0n) is 7.19. The number of hydrogen-bond donors (Lipinski definition) is 0. The fourth-order valence-corrected chi connectivity index (χ4v) is 2.48. The smallest absolute Gasteiger partial charge is 0.0303 e. The van der Waals surface area contributed by atoms with Crippen LogP contribution in [0.4, 0.5) is 0 Å². The lowest BCUT2D eigenvalue weighted by molar-refractivity contribution is 0.111. The first kappa shape index (κ1) is 4.76. The maximum Gasteiger partial charge on any atom is 0.0303 e. The minimum atomic E-state index is -0.0544. The Hall–Kier alpha value is 0. The predicted molar refractivity (Wildman–Crippen MR) is 39.2 cm³/mol. The van der Waals surface area contributed by atoms with Crippen LogP contribution in [0.5, 0.6) is 0 Å². The highest BCUT2D eigenvalue weighted by Gasteiger charge is 2.32. The van der Waals surface area contributed by atoms with Crippen LogP contribution in [0, 0.1) is 17.7 Å². The first-order chi connectivity index (χ1) is 4.68. The van der Waals surface area contributed by atoms with E-state index in [1.807, 2.05) is 0 Å². The lowest BCUT2D eigenvalue weighted by Gasteiger charge is -2.40. The lowest BCUT2D eigenvalue weighted by Crippen LogP contribution is -2.29. The van der Waals surface area contributed by atoms with Crippen LogP contribution in [0.3, 0.4) is 0 Å². The summed E-state index contributed by atoms with van der Waals surface area (Å²) >= 11 is 0. The van der Waals surface area contributed by atoms with E-state index in [-0.39, 0.29) is 5.89 Å². The van der Waals surface area contributed by atoms with Crippen molar-refractivity contribution in [1.29, 1.82) is 0 Å². The van der Waals surface area contributed by atoms with Gasteiger partial charge in [0, 0.05) is 1.37 Å². The monoisotopic (exact) mass is 125 g/mol. The minimum Gasteiger partial charge on any atom is -0.0622 e. The average molecular weight is 125 g/mol. The summed E-state index contributed by atoms with van der Waals surface area (Å²) in [4.78, 5) is 0. The van der Waals surface area contributed by atoms with Crippen molar-refractivity contribution in [2.75, 3.05) is 0 Å². The molecule has 0 unspecified atom stereocenters. The molecule has 0 aliphatic heterocycles. The molecule has 3 aliphatic carbocycles. The van der Waals surface area contributed by atoms with Crippen molar-refractivity contribution in [3.8, 4) is 0 Å². The Morgan fingerprint density at radius 1 is 1.22 bits per heavy atom. The van der Waals surface area contributed by atoms with Gasteiger partial charge in [-0.05, 0) is 37.0 Å². The summed E-state index contributed by atoms with van der Waals surface area (Å²) in [5.41, 5.74) is 0. The molecule has 0 N–H and O–H groups in total. The third kappa shape index (κ3) is 0.889.